The van der Waals surface area contributed by atoms with Gasteiger partial charge in [0.15, 0.2) is 0 Å². The van der Waals surface area contributed by atoms with E-state index in [-0.39, 0.29) is 19.0 Å². The molecule has 3 amide bonds. The van der Waals surface area contributed by atoms with E-state index in [9.17, 15) is 14.0 Å². The summed E-state index contributed by atoms with van der Waals surface area (Å²) < 4.78 is 14.5. The minimum atomic E-state index is -0.794. The Morgan fingerprint density at radius 2 is 2.24 bits per heavy atom. The molecule has 1 unspecified atom stereocenters. The average molecular weight is 358 g/mol. The fraction of sp³-hybridized carbons (Fsp3) is 0.286. The Morgan fingerprint density at radius 1 is 1.57 bits per heavy atom. The smallest absolute Gasteiger partial charge is 0.312 e. The molecule has 1 rings (SSSR count). The van der Waals surface area contributed by atoms with Gasteiger partial charge in [-0.25, -0.2) is 9.18 Å². The molecular formula is C14H17BrFN3O2. The van der Waals surface area contributed by atoms with Crippen LogP contribution < -0.4 is 11.1 Å². The third-order valence-corrected chi connectivity index (χ3v) is 3.25. The Balaban J connectivity index is 2.91. The number of primary amides is 1. The van der Waals surface area contributed by atoms with Gasteiger partial charge in [-0.3, -0.25) is 4.79 Å². The van der Waals surface area contributed by atoms with E-state index in [0.717, 1.165) is 0 Å². The number of nitrogens with one attached hydrogen (secondary N) is 1. The maximum absolute atomic E-state index is 13.8. The molecule has 1 aromatic rings. The summed E-state index contributed by atoms with van der Waals surface area (Å²) in [5.74, 6) is -0.774. The largest absolute Gasteiger partial charge is 0.352 e. The second-order valence-corrected chi connectivity index (χ2v) is 5.39. The van der Waals surface area contributed by atoms with Gasteiger partial charge in [0.2, 0.25) is 5.91 Å². The Labute approximate surface area is 131 Å². The van der Waals surface area contributed by atoms with Crippen LogP contribution >= 0.6 is 15.9 Å². The number of nitrogens with zero attached hydrogens (tertiary/aromatic N) is 1. The van der Waals surface area contributed by atoms with Crippen LogP contribution in [0.1, 0.15) is 12.5 Å². The lowest BCUT2D eigenvalue weighted by Gasteiger charge is -2.25. The molecule has 5 nitrogen and oxygen atoms in total. The highest BCUT2D eigenvalue weighted by atomic mass is 79.9. The molecule has 0 fully saturated rings. The topological polar surface area (TPSA) is 75.4 Å². The van der Waals surface area contributed by atoms with E-state index in [1.165, 1.54) is 24.0 Å². The predicted molar refractivity (Wildman–Crippen MR) is 81.9 cm³/mol. The van der Waals surface area contributed by atoms with Gasteiger partial charge in [-0.15, -0.1) is 6.58 Å². The van der Waals surface area contributed by atoms with Gasteiger partial charge in [0.25, 0.3) is 0 Å². The SMILES string of the molecule is C=CCN(Cc1cc(Br)ccc1F)C(=O)C(C)NC(N)=O. The number of nitrogens with two attached hydrogens (primary N) is 1. The average Bonchev–Trinajstić information content (AvgIpc) is 2.40. The first-order valence-corrected chi connectivity index (χ1v) is 7.04. The van der Waals surface area contributed by atoms with Crippen molar-refractivity contribution in [1.29, 1.82) is 0 Å². The van der Waals surface area contributed by atoms with E-state index >= 15 is 0 Å². The van der Waals surface area contributed by atoms with Gasteiger partial charge in [0, 0.05) is 23.1 Å². The van der Waals surface area contributed by atoms with Gasteiger partial charge in [-0.2, -0.15) is 0 Å². The molecule has 1 aromatic carbocycles. The summed E-state index contributed by atoms with van der Waals surface area (Å²) in [6.07, 6.45) is 1.53. The van der Waals surface area contributed by atoms with Crippen molar-refractivity contribution >= 4 is 27.9 Å². The molecule has 0 aromatic heterocycles. The summed E-state index contributed by atoms with van der Waals surface area (Å²) >= 11 is 3.26. The zero-order chi connectivity index (χ0) is 16.0. The van der Waals surface area contributed by atoms with Crippen molar-refractivity contribution in [2.45, 2.75) is 19.5 Å². The molecule has 3 N–H and O–H groups in total. The van der Waals surface area contributed by atoms with Crippen molar-refractivity contribution in [1.82, 2.24) is 10.2 Å². The van der Waals surface area contributed by atoms with Crippen LogP contribution in [0.4, 0.5) is 9.18 Å². The standard InChI is InChI=1S/C14H17BrFN3O2/c1-3-6-19(13(20)9(2)18-14(17)21)8-10-7-11(15)4-5-12(10)16/h3-5,7,9H,1,6,8H2,2H3,(H3,17,18,21). The first-order valence-electron chi connectivity index (χ1n) is 6.24. The second-order valence-electron chi connectivity index (χ2n) is 4.47. The van der Waals surface area contributed by atoms with Crippen LogP contribution in [0, 0.1) is 5.82 Å². The van der Waals surface area contributed by atoms with E-state index in [2.05, 4.69) is 27.8 Å². The van der Waals surface area contributed by atoms with E-state index < -0.39 is 17.9 Å². The van der Waals surface area contributed by atoms with Crippen molar-refractivity contribution in [2.24, 2.45) is 5.73 Å². The third kappa shape index (κ3) is 5.18. The zero-order valence-electron chi connectivity index (χ0n) is 11.6. The molecule has 0 saturated carbocycles. The molecule has 0 aliphatic carbocycles. The van der Waals surface area contributed by atoms with Crippen LogP contribution in [0.15, 0.2) is 35.3 Å². The summed E-state index contributed by atoms with van der Waals surface area (Å²) in [6, 6.07) is 2.92. The van der Waals surface area contributed by atoms with Crippen molar-refractivity contribution in [3.63, 3.8) is 0 Å². The number of carbonyl (C=O) groups excluding carboxylic acids is 2. The van der Waals surface area contributed by atoms with Gasteiger partial charge in [-0.1, -0.05) is 22.0 Å². The number of urea groups is 1. The maximum atomic E-state index is 13.8. The number of carbonyl (C=O) groups is 2. The van der Waals surface area contributed by atoms with Gasteiger partial charge < -0.3 is 16.0 Å². The van der Waals surface area contributed by atoms with Crippen molar-refractivity contribution < 1.29 is 14.0 Å². The lowest BCUT2D eigenvalue weighted by Crippen LogP contribution is -2.48. The quantitative estimate of drug-likeness (QED) is 0.765. The van der Waals surface area contributed by atoms with E-state index in [0.29, 0.717) is 10.0 Å². The lowest BCUT2D eigenvalue weighted by molar-refractivity contribution is -0.132. The minimum absolute atomic E-state index is 0.0703. The number of amides is 3. The van der Waals surface area contributed by atoms with E-state index in [1.807, 2.05) is 0 Å². The number of hydrogen-bond donors (Lipinski definition) is 2. The summed E-state index contributed by atoms with van der Waals surface area (Å²) in [7, 11) is 0. The first kappa shape index (κ1) is 17.2. The highest BCUT2D eigenvalue weighted by Crippen LogP contribution is 2.17. The predicted octanol–water partition coefficient (Wildman–Crippen LogP) is 2.16. The molecule has 114 valence electrons. The molecule has 7 heteroatoms. The number of rotatable bonds is 6. The molecule has 0 aliphatic rings. The van der Waals surface area contributed by atoms with Gasteiger partial charge in [0.05, 0.1) is 0 Å². The molecule has 1 atom stereocenters. The second kappa shape index (κ2) is 7.78. The van der Waals surface area contributed by atoms with Crippen LogP contribution in [0.3, 0.4) is 0 Å². The Bertz CT molecular complexity index is 551. The maximum Gasteiger partial charge on any atom is 0.312 e. The van der Waals surface area contributed by atoms with E-state index in [1.54, 1.807) is 12.1 Å². The third-order valence-electron chi connectivity index (χ3n) is 2.76. The molecule has 0 heterocycles. The van der Waals surface area contributed by atoms with Crippen LogP contribution in [0.25, 0.3) is 0 Å². The number of hydrogen-bond acceptors (Lipinski definition) is 2. The molecule has 21 heavy (non-hydrogen) atoms. The highest BCUT2D eigenvalue weighted by molar-refractivity contribution is 9.10. The monoisotopic (exact) mass is 357 g/mol. The summed E-state index contributed by atoms with van der Waals surface area (Å²) in [5.41, 5.74) is 5.36. The summed E-state index contributed by atoms with van der Waals surface area (Å²) in [4.78, 5) is 24.4. The lowest BCUT2D eigenvalue weighted by atomic mass is 10.1. The molecule has 0 spiro atoms. The Kier molecular flexibility index (Phi) is 6.36. The molecule has 0 bridgehead atoms. The van der Waals surface area contributed by atoms with Crippen molar-refractivity contribution in [3.8, 4) is 0 Å². The molecule has 0 saturated heterocycles. The molecule has 0 aliphatic heterocycles. The van der Waals surface area contributed by atoms with Crippen LogP contribution in [-0.2, 0) is 11.3 Å². The normalized spacial score (nSPS) is 11.6. The van der Waals surface area contributed by atoms with Crippen LogP contribution in [0.5, 0.6) is 0 Å². The number of benzene rings is 1. The Hall–Kier alpha value is -1.89. The fourth-order valence-corrected chi connectivity index (χ4v) is 2.22. The molecular weight excluding hydrogens is 341 g/mol. The van der Waals surface area contributed by atoms with Crippen LogP contribution in [0.2, 0.25) is 0 Å². The summed E-state index contributed by atoms with van der Waals surface area (Å²) in [6.45, 7) is 5.39. The highest BCUT2D eigenvalue weighted by Gasteiger charge is 2.21. The first-order chi connectivity index (χ1) is 9.85. The van der Waals surface area contributed by atoms with E-state index in [4.69, 9.17) is 5.73 Å². The Morgan fingerprint density at radius 3 is 2.81 bits per heavy atom. The van der Waals surface area contributed by atoms with Crippen LogP contribution in [-0.4, -0.2) is 29.4 Å². The zero-order valence-corrected chi connectivity index (χ0v) is 13.2. The van der Waals surface area contributed by atoms with Crippen molar-refractivity contribution in [2.75, 3.05) is 6.54 Å². The minimum Gasteiger partial charge on any atom is -0.352 e. The number of halogens is 2. The van der Waals surface area contributed by atoms with Gasteiger partial charge in [0.1, 0.15) is 11.9 Å². The fourth-order valence-electron chi connectivity index (χ4n) is 1.81. The summed E-state index contributed by atoms with van der Waals surface area (Å²) in [5, 5.41) is 2.30. The van der Waals surface area contributed by atoms with Crippen molar-refractivity contribution in [3.05, 3.63) is 46.7 Å². The van der Waals surface area contributed by atoms with Gasteiger partial charge >= 0.3 is 6.03 Å². The molecule has 0 radical (unpaired) electrons. The van der Waals surface area contributed by atoms with Gasteiger partial charge in [-0.05, 0) is 25.1 Å².